The second kappa shape index (κ2) is 7.54. The summed E-state index contributed by atoms with van der Waals surface area (Å²) < 4.78 is 37.7. The molecule has 0 spiro atoms. The number of hydrogen-bond donors (Lipinski definition) is 1. The Bertz CT molecular complexity index is 981. The summed E-state index contributed by atoms with van der Waals surface area (Å²) in [4.78, 5) is 12.5. The standard InChI is InChI=1S/C19H25FN4O3S/c1-12(2)16-11-23(14-5-6-15(20)18(9-14)28(4,26)27)7-8-24(16)19-21-10-17(25)13(3)22-19/h5-6,9-10,12,16,25H,7-8,11H2,1-4H3/t16-/m0/s1. The molecular weight excluding hydrogens is 383 g/mol. The van der Waals surface area contributed by atoms with E-state index in [9.17, 15) is 17.9 Å². The number of halogens is 1. The van der Waals surface area contributed by atoms with Gasteiger partial charge in [-0.05, 0) is 31.0 Å². The van der Waals surface area contributed by atoms with E-state index in [1.165, 1.54) is 18.3 Å². The van der Waals surface area contributed by atoms with Crippen molar-refractivity contribution in [2.45, 2.75) is 31.7 Å². The number of aryl methyl sites for hydroxylation is 1. The Morgan fingerprint density at radius 1 is 1.29 bits per heavy atom. The third kappa shape index (κ3) is 4.04. The Kier molecular flexibility index (Phi) is 5.47. The molecule has 9 heteroatoms. The fourth-order valence-electron chi connectivity index (χ4n) is 3.42. The lowest BCUT2D eigenvalue weighted by Crippen LogP contribution is -2.56. The molecule has 152 valence electrons. The summed E-state index contributed by atoms with van der Waals surface area (Å²) in [7, 11) is -3.64. The number of aromatic nitrogens is 2. The van der Waals surface area contributed by atoms with E-state index in [0.717, 1.165) is 6.26 Å². The van der Waals surface area contributed by atoms with Crippen LogP contribution in [0.15, 0.2) is 29.3 Å². The third-order valence-electron chi connectivity index (χ3n) is 5.07. The molecule has 1 aliphatic heterocycles. The van der Waals surface area contributed by atoms with E-state index in [1.54, 1.807) is 13.0 Å². The van der Waals surface area contributed by atoms with Crippen LogP contribution in [0.5, 0.6) is 5.75 Å². The van der Waals surface area contributed by atoms with Crippen molar-refractivity contribution in [2.75, 3.05) is 35.7 Å². The first kappa shape index (κ1) is 20.3. The maximum atomic E-state index is 13.9. The highest BCUT2D eigenvalue weighted by atomic mass is 32.2. The molecule has 2 heterocycles. The first-order valence-electron chi connectivity index (χ1n) is 9.11. The molecule has 2 aromatic rings. The third-order valence-corrected chi connectivity index (χ3v) is 6.18. The van der Waals surface area contributed by atoms with Crippen molar-refractivity contribution < 1.29 is 17.9 Å². The minimum atomic E-state index is -3.64. The number of nitrogens with zero attached hydrogens (tertiary/aromatic N) is 4. The van der Waals surface area contributed by atoms with E-state index in [4.69, 9.17) is 0 Å². The topological polar surface area (TPSA) is 86.6 Å². The van der Waals surface area contributed by atoms with Crippen LogP contribution in [0.1, 0.15) is 19.5 Å². The summed E-state index contributed by atoms with van der Waals surface area (Å²) in [6.45, 7) is 7.78. The zero-order valence-corrected chi connectivity index (χ0v) is 17.2. The van der Waals surface area contributed by atoms with Crippen molar-refractivity contribution in [1.29, 1.82) is 0 Å². The Morgan fingerprint density at radius 3 is 2.61 bits per heavy atom. The van der Waals surface area contributed by atoms with Gasteiger partial charge in [0.15, 0.2) is 15.6 Å². The lowest BCUT2D eigenvalue weighted by Gasteiger charge is -2.44. The van der Waals surface area contributed by atoms with Crippen LogP contribution in [0.4, 0.5) is 16.0 Å². The highest BCUT2D eigenvalue weighted by Crippen LogP contribution is 2.28. The van der Waals surface area contributed by atoms with Crippen LogP contribution < -0.4 is 9.80 Å². The first-order valence-corrected chi connectivity index (χ1v) is 11.0. The number of sulfone groups is 1. The van der Waals surface area contributed by atoms with Gasteiger partial charge in [-0.3, -0.25) is 0 Å². The van der Waals surface area contributed by atoms with E-state index >= 15 is 0 Å². The van der Waals surface area contributed by atoms with Crippen molar-refractivity contribution >= 4 is 21.5 Å². The van der Waals surface area contributed by atoms with Crippen molar-refractivity contribution in [1.82, 2.24) is 9.97 Å². The lowest BCUT2D eigenvalue weighted by molar-refractivity contribution is 0.411. The molecule has 0 amide bonds. The van der Waals surface area contributed by atoms with Crippen molar-refractivity contribution in [3.05, 3.63) is 35.9 Å². The Labute approximate surface area is 164 Å². The van der Waals surface area contributed by atoms with Gasteiger partial charge in [0.2, 0.25) is 5.95 Å². The van der Waals surface area contributed by atoms with Crippen LogP contribution in [-0.4, -0.2) is 55.4 Å². The summed E-state index contributed by atoms with van der Waals surface area (Å²) in [5.74, 6) is 0.154. The Morgan fingerprint density at radius 2 is 2.00 bits per heavy atom. The molecule has 1 fully saturated rings. The number of benzene rings is 1. The molecule has 3 rings (SSSR count). The molecule has 0 bridgehead atoms. The van der Waals surface area contributed by atoms with Crippen LogP contribution in [0.25, 0.3) is 0 Å². The van der Waals surface area contributed by atoms with Gasteiger partial charge in [-0.25, -0.2) is 22.8 Å². The molecule has 7 nitrogen and oxygen atoms in total. The maximum Gasteiger partial charge on any atom is 0.226 e. The highest BCUT2D eigenvalue weighted by molar-refractivity contribution is 7.90. The molecule has 1 aromatic carbocycles. The largest absolute Gasteiger partial charge is 0.504 e. The second-order valence-electron chi connectivity index (χ2n) is 7.48. The normalized spacial score (nSPS) is 18.0. The summed E-state index contributed by atoms with van der Waals surface area (Å²) in [5, 5.41) is 9.69. The summed E-state index contributed by atoms with van der Waals surface area (Å²) in [6, 6.07) is 4.29. The minimum absolute atomic E-state index is 0.0584. The zero-order chi connectivity index (χ0) is 20.6. The van der Waals surface area contributed by atoms with Gasteiger partial charge >= 0.3 is 0 Å². The number of hydrogen-bond acceptors (Lipinski definition) is 7. The molecule has 28 heavy (non-hydrogen) atoms. The number of anilines is 2. The molecule has 0 radical (unpaired) electrons. The fraction of sp³-hybridized carbons (Fsp3) is 0.474. The van der Waals surface area contributed by atoms with E-state index in [2.05, 4.69) is 33.6 Å². The SMILES string of the molecule is Cc1nc(N2CCN(c3ccc(F)c(S(C)(=O)=O)c3)C[C@H]2C(C)C)ncc1O. The maximum absolute atomic E-state index is 13.9. The quantitative estimate of drug-likeness (QED) is 0.831. The molecule has 0 saturated carbocycles. The Hall–Kier alpha value is -2.42. The van der Waals surface area contributed by atoms with Crippen LogP contribution in [-0.2, 0) is 9.84 Å². The van der Waals surface area contributed by atoms with Crippen molar-refractivity contribution in [2.24, 2.45) is 5.92 Å². The molecule has 1 aromatic heterocycles. The van der Waals surface area contributed by atoms with E-state index in [-0.39, 0.29) is 22.6 Å². The molecular formula is C19H25FN4O3S. The van der Waals surface area contributed by atoms with Crippen LogP contribution in [0.2, 0.25) is 0 Å². The highest BCUT2D eigenvalue weighted by Gasteiger charge is 2.32. The summed E-state index contributed by atoms with van der Waals surface area (Å²) in [5.41, 5.74) is 1.20. The number of aromatic hydroxyl groups is 1. The van der Waals surface area contributed by atoms with Crippen LogP contribution in [0, 0.1) is 18.7 Å². The number of rotatable bonds is 4. The van der Waals surface area contributed by atoms with E-state index < -0.39 is 15.7 Å². The smallest absolute Gasteiger partial charge is 0.226 e. The zero-order valence-electron chi connectivity index (χ0n) is 16.4. The first-order chi connectivity index (χ1) is 13.1. The van der Waals surface area contributed by atoms with Gasteiger partial charge in [0.25, 0.3) is 0 Å². The molecule has 0 unspecified atom stereocenters. The van der Waals surface area contributed by atoms with Gasteiger partial charge in [-0.15, -0.1) is 0 Å². The number of piperazine rings is 1. The van der Waals surface area contributed by atoms with Crippen LogP contribution in [0.3, 0.4) is 0 Å². The van der Waals surface area contributed by atoms with Gasteiger partial charge in [0.05, 0.1) is 17.9 Å². The fourth-order valence-corrected chi connectivity index (χ4v) is 4.18. The Balaban J connectivity index is 1.90. The molecule has 1 N–H and O–H groups in total. The second-order valence-corrected chi connectivity index (χ2v) is 9.46. The monoisotopic (exact) mass is 408 g/mol. The minimum Gasteiger partial charge on any atom is -0.504 e. The lowest BCUT2D eigenvalue weighted by atomic mass is 9.99. The molecule has 1 atom stereocenters. The van der Waals surface area contributed by atoms with E-state index in [1.807, 2.05) is 0 Å². The predicted molar refractivity (Wildman–Crippen MR) is 106 cm³/mol. The summed E-state index contributed by atoms with van der Waals surface area (Å²) in [6.07, 6.45) is 2.41. The van der Waals surface area contributed by atoms with Crippen molar-refractivity contribution in [3.8, 4) is 5.75 Å². The van der Waals surface area contributed by atoms with Gasteiger partial charge in [-0.1, -0.05) is 13.8 Å². The molecule has 1 aliphatic rings. The van der Waals surface area contributed by atoms with Gasteiger partial charge in [0, 0.05) is 31.6 Å². The van der Waals surface area contributed by atoms with Crippen molar-refractivity contribution in [3.63, 3.8) is 0 Å². The van der Waals surface area contributed by atoms with Gasteiger partial charge in [-0.2, -0.15) is 0 Å². The predicted octanol–water partition coefficient (Wildman–Crippen LogP) is 2.38. The van der Waals surface area contributed by atoms with Gasteiger partial charge in [0.1, 0.15) is 10.7 Å². The van der Waals surface area contributed by atoms with E-state index in [0.29, 0.717) is 37.0 Å². The average Bonchev–Trinajstić information content (AvgIpc) is 2.63. The average molecular weight is 408 g/mol. The molecule has 0 aliphatic carbocycles. The van der Waals surface area contributed by atoms with Gasteiger partial charge < -0.3 is 14.9 Å². The van der Waals surface area contributed by atoms with Crippen LogP contribution >= 0.6 is 0 Å². The summed E-state index contributed by atoms with van der Waals surface area (Å²) >= 11 is 0. The molecule has 1 saturated heterocycles.